The van der Waals surface area contributed by atoms with Gasteiger partial charge in [0.25, 0.3) is 0 Å². The fourth-order valence-electron chi connectivity index (χ4n) is 0.824. The highest BCUT2D eigenvalue weighted by Crippen LogP contribution is 1.94. The lowest BCUT2D eigenvalue weighted by molar-refractivity contribution is -0.139. The zero-order valence-electron chi connectivity index (χ0n) is 5.50. The number of hydrogen-bond donors (Lipinski definition) is 1. The first-order valence-electron chi connectivity index (χ1n) is 3.16. The minimum atomic E-state index is -0.550. The van der Waals surface area contributed by atoms with Gasteiger partial charge in [-0.25, -0.2) is 0 Å². The zero-order valence-corrected chi connectivity index (χ0v) is 5.50. The molecule has 1 aliphatic rings. The van der Waals surface area contributed by atoms with Crippen LogP contribution in [0, 0.1) is 0 Å². The summed E-state index contributed by atoms with van der Waals surface area (Å²) in [4.78, 5) is 20.6. The van der Waals surface area contributed by atoms with E-state index >= 15 is 0 Å². The lowest BCUT2D eigenvalue weighted by Gasteiger charge is -2.20. The maximum Gasteiger partial charge on any atom is 0.225 e. The van der Waals surface area contributed by atoms with Crippen LogP contribution in [-0.4, -0.2) is 37.9 Å². The van der Waals surface area contributed by atoms with Gasteiger partial charge in [0.2, 0.25) is 5.78 Å². The van der Waals surface area contributed by atoms with Crippen LogP contribution in [0.5, 0.6) is 0 Å². The summed E-state index contributed by atoms with van der Waals surface area (Å²) in [6, 6.07) is 0. The molecule has 4 nitrogen and oxygen atoms in total. The Kier molecular flexibility index (Phi) is 2.53. The molecule has 1 heterocycles. The van der Waals surface area contributed by atoms with E-state index in [1.807, 2.05) is 0 Å². The highest BCUT2D eigenvalue weighted by Gasteiger charge is 2.20. The highest BCUT2D eigenvalue weighted by atomic mass is 16.5. The Morgan fingerprint density at radius 1 is 1.70 bits per heavy atom. The second kappa shape index (κ2) is 3.43. The molecule has 0 aromatic heterocycles. The maximum atomic E-state index is 10.6. The number of nitrogens with one attached hydrogen (secondary N) is 1. The predicted octanol–water partition coefficient (Wildman–Crippen LogP) is -1.26. The molecule has 10 heavy (non-hydrogen) atoms. The molecule has 1 N–H and O–H groups in total. The van der Waals surface area contributed by atoms with Crippen molar-refractivity contribution in [1.82, 2.24) is 5.32 Å². The highest BCUT2D eigenvalue weighted by molar-refractivity contribution is 6.27. The summed E-state index contributed by atoms with van der Waals surface area (Å²) < 4.78 is 4.99. The van der Waals surface area contributed by atoms with E-state index in [-0.39, 0.29) is 0 Å². The average Bonchev–Trinajstić information content (AvgIpc) is 2.05. The SMILES string of the molecule is O=CC(=O)C1CNCCO1. The van der Waals surface area contributed by atoms with Gasteiger partial charge in [0.05, 0.1) is 6.61 Å². The normalized spacial score (nSPS) is 25.8. The molecule has 4 heteroatoms. The minimum Gasteiger partial charge on any atom is -0.367 e. The number of carbonyl (C=O) groups excluding carboxylic acids is 2. The molecule has 0 saturated carbocycles. The fourth-order valence-corrected chi connectivity index (χ4v) is 0.824. The fraction of sp³-hybridized carbons (Fsp3) is 0.667. The molecule has 1 saturated heterocycles. The number of ketones is 1. The molecular formula is C6H9NO3. The molecule has 0 spiro atoms. The number of morpholine rings is 1. The van der Waals surface area contributed by atoms with Crippen molar-refractivity contribution in [3.05, 3.63) is 0 Å². The van der Waals surface area contributed by atoms with Gasteiger partial charge >= 0.3 is 0 Å². The van der Waals surface area contributed by atoms with Gasteiger partial charge in [-0.05, 0) is 0 Å². The first-order chi connectivity index (χ1) is 4.84. The second-order valence-corrected chi connectivity index (χ2v) is 2.08. The van der Waals surface area contributed by atoms with Gasteiger partial charge in [0.15, 0.2) is 6.29 Å². The van der Waals surface area contributed by atoms with Gasteiger partial charge in [0, 0.05) is 13.1 Å². The van der Waals surface area contributed by atoms with Crippen LogP contribution in [0.1, 0.15) is 0 Å². The van der Waals surface area contributed by atoms with E-state index < -0.39 is 11.9 Å². The van der Waals surface area contributed by atoms with E-state index in [1.165, 1.54) is 0 Å². The third kappa shape index (κ3) is 1.62. The summed E-state index contributed by atoms with van der Waals surface area (Å²) in [7, 11) is 0. The lowest BCUT2D eigenvalue weighted by atomic mass is 10.2. The summed E-state index contributed by atoms with van der Waals surface area (Å²) in [5.41, 5.74) is 0. The van der Waals surface area contributed by atoms with Crippen LogP contribution < -0.4 is 5.32 Å². The maximum absolute atomic E-state index is 10.6. The quantitative estimate of drug-likeness (QED) is 0.387. The molecule has 1 fully saturated rings. The van der Waals surface area contributed by atoms with Gasteiger partial charge in [-0.1, -0.05) is 0 Å². The van der Waals surface area contributed by atoms with Crippen molar-refractivity contribution in [2.75, 3.05) is 19.7 Å². The number of aldehydes is 1. The Bertz CT molecular complexity index is 140. The lowest BCUT2D eigenvalue weighted by Crippen LogP contribution is -2.43. The topological polar surface area (TPSA) is 55.4 Å². The summed E-state index contributed by atoms with van der Waals surface area (Å²) in [6.07, 6.45) is -0.247. The minimum absolute atomic E-state index is 0.303. The van der Waals surface area contributed by atoms with Gasteiger partial charge in [0.1, 0.15) is 6.10 Å². The van der Waals surface area contributed by atoms with Crippen molar-refractivity contribution in [2.24, 2.45) is 0 Å². The van der Waals surface area contributed by atoms with Crippen molar-refractivity contribution in [3.8, 4) is 0 Å². The van der Waals surface area contributed by atoms with Crippen LogP contribution in [0.2, 0.25) is 0 Å². The third-order valence-corrected chi connectivity index (χ3v) is 1.36. The molecule has 0 amide bonds. The summed E-state index contributed by atoms with van der Waals surface area (Å²) in [6.45, 7) is 1.71. The Labute approximate surface area is 58.5 Å². The molecule has 1 rings (SSSR count). The van der Waals surface area contributed by atoms with Crippen molar-refractivity contribution in [1.29, 1.82) is 0 Å². The molecule has 0 radical (unpaired) electrons. The summed E-state index contributed by atoms with van der Waals surface area (Å²) in [5, 5.41) is 2.95. The number of hydrogen-bond acceptors (Lipinski definition) is 4. The monoisotopic (exact) mass is 143 g/mol. The molecule has 1 unspecified atom stereocenters. The van der Waals surface area contributed by atoms with Crippen LogP contribution in [0.4, 0.5) is 0 Å². The van der Waals surface area contributed by atoms with Crippen LogP contribution in [0.25, 0.3) is 0 Å². The molecular weight excluding hydrogens is 134 g/mol. The smallest absolute Gasteiger partial charge is 0.225 e. The third-order valence-electron chi connectivity index (χ3n) is 1.36. The molecule has 0 aliphatic carbocycles. The van der Waals surface area contributed by atoms with Crippen molar-refractivity contribution >= 4 is 12.1 Å². The van der Waals surface area contributed by atoms with Crippen molar-refractivity contribution < 1.29 is 14.3 Å². The van der Waals surface area contributed by atoms with Gasteiger partial charge in [-0.15, -0.1) is 0 Å². The second-order valence-electron chi connectivity index (χ2n) is 2.08. The first-order valence-corrected chi connectivity index (χ1v) is 3.16. The van der Waals surface area contributed by atoms with E-state index in [2.05, 4.69) is 5.32 Å². The van der Waals surface area contributed by atoms with E-state index in [0.29, 0.717) is 19.4 Å². The van der Waals surface area contributed by atoms with Gasteiger partial charge in [-0.3, -0.25) is 9.59 Å². The van der Waals surface area contributed by atoms with Crippen LogP contribution in [0.3, 0.4) is 0 Å². The van der Waals surface area contributed by atoms with Gasteiger partial charge in [-0.2, -0.15) is 0 Å². The Morgan fingerprint density at radius 3 is 3.00 bits per heavy atom. The average molecular weight is 143 g/mol. The first kappa shape index (κ1) is 7.37. The standard InChI is InChI=1S/C6H9NO3/c8-4-5(9)6-3-7-1-2-10-6/h4,6-7H,1-3H2. The van der Waals surface area contributed by atoms with Crippen LogP contribution >= 0.6 is 0 Å². The number of rotatable bonds is 2. The summed E-state index contributed by atoms with van der Waals surface area (Å²) in [5.74, 6) is -0.479. The Balaban J connectivity index is 2.38. The van der Waals surface area contributed by atoms with E-state index in [4.69, 9.17) is 4.74 Å². The summed E-state index contributed by atoms with van der Waals surface area (Å²) >= 11 is 0. The van der Waals surface area contributed by atoms with Crippen molar-refractivity contribution in [2.45, 2.75) is 6.10 Å². The molecule has 0 aromatic carbocycles. The number of ether oxygens (including phenoxy) is 1. The van der Waals surface area contributed by atoms with E-state index in [1.54, 1.807) is 0 Å². The van der Waals surface area contributed by atoms with E-state index in [0.717, 1.165) is 6.54 Å². The number of Topliss-reactive ketones (excluding diaryl/α,β-unsaturated/α-hetero) is 1. The Hall–Kier alpha value is -0.740. The zero-order chi connectivity index (χ0) is 7.40. The van der Waals surface area contributed by atoms with E-state index in [9.17, 15) is 9.59 Å². The van der Waals surface area contributed by atoms with Crippen LogP contribution in [-0.2, 0) is 14.3 Å². The molecule has 0 bridgehead atoms. The van der Waals surface area contributed by atoms with Gasteiger partial charge < -0.3 is 10.1 Å². The molecule has 0 aromatic rings. The van der Waals surface area contributed by atoms with Crippen LogP contribution in [0.15, 0.2) is 0 Å². The molecule has 1 aliphatic heterocycles. The molecule has 56 valence electrons. The number of carbonyl (C=O) groups is 2. The Morgan fingerprint density at radius 2 is 2.50 bits per heavy atom. The molecule has 1 atom stereocenters. The predicted molar refractivity (Wildman–Crippen MR) is 33.7 cm³/mol. The largest absolute Gasteiger partial charge is 0.367 e. The van der Waals surface area contributed by atoms with Crippen molar-refractivity contribution in [3.63, 3.8) is 0 Å².